The molecule has 0 saturated carbocycles. The fraction of sp³-hybridized carbons (Fsp3) is 0.500. The average Bonchev–Trinajstić information content (AvgIpc) is 3.15. The summed E-state index contributed by atoms with van der Waals surface area (Å²) < 4.78 is 33.0. The monoisotopic (exact) mass is 476 g/mol. The van der Waals surface area contributed by atoms with Crippen LogP contribution in [0.25, 0.3) is 11.2 Å². The van der Waals surface area contributed by atoms with Gasteiger partial charge < -0.3 is 40.5 Å². The Morgan fingerprint density at radius 2 is 1.90 bits per heavy atom. The normalized spacial score (nSPS) is 26.2. The van der Waals surface area contributed by atoms with E-state index < -0.39 is 52.4 Å². The molecule has 18 nitrogen and oxygen atoms in total. The molecule has 1 unspecified atom stereocenters. The lowest BCUT2D eigenvalue weighted by Crippen LogP contribution is -2.33. The maximum absolute atomic E-state index is 11.7. The highest BCUT2D eigenvalue weighted by Gasteiger charge is 2.44. The van der Waals surface area contributed by atoms with Gasteiger partial charge in [-0.2, -0.15) is 9.29 Å². The predicted octanol–water partition coefficient (Wildman–Crippen LogP) is -3.60. The van der Waals surface area contributed by atoms with Gasteiger partial charge >= 0.3 is 15.6 Å². The Hall–Kier alpha value is -1.79. The van der Waals surface area contributed by atoms with Crippen molar-refractivity contribution in [1.29, 1.82) is 0 Å². The lowest BCUT2D eigenvalue weighted by molar-refractivity contribution is -0.0511. The van der Waals surface area contributed by atoms with E-state index in [1.807, 2.05) is 0 Å². The number of imidazole rings is 1. The molecule has 30 heavy (non-hydrogen) atoms. The van der Waals surface area contributed by atoms with E-state index in [1.165, 1.54) is 10.9 Å². The number of nitrogens with two attached hydrogens (primary N) is 2. The predicted molar refractivity (Wildman–Crippen MR) is 93.8 cm³/mol. The number of hydrogen-bond donors (Lipinski definition) is 9. The number of hydrogen-bond acceptors (Lipinski definition) is 13. The molecular formula is C10H18N6O12P2. The number of aromatic nitrogens is 4. The number of aromatic amines is 1. The van der Waals surface area contributed by atoms with Crippen molar-refractivity contribution < 1.29 is 52.8 Å². The summed E-state index contributed by atoms with van der Waals surface area (Å²) in [5.74, 6) is 4.03. The maximum Gasteiger partial charge on any atom is 0.497 e. The Labute approximate surface area is 165 Å². The van der Waals surface area contributed by atoms with Crippen molar-refractivity contribution in [3.8, 4) is 0 Å². The number of nitrogen functional groups attached to an aromatic ring is 1. The molecule has 3 heterocycles. The summed E-state index contributed by atoms with van der Waals surface area (Å²) in [6.45, 7) is -0.447. The molecule has 2 aromatic rings. The van der Waals surface area contributed by atoms with E-state index in [0.717, 1.165) is 0 Å². The zero-order chi connectivity index (χ0) is 22.9. The van der Waals surface area contributed by atoms with Gasteiger partial charge in [0.25, 0.3) is 5.56 Å². The van der Waals surface area contributed by atoms with Crippen LogP contribution in [0.1, 0.15) is 6.23 Å². The highest BCUT2D eigenvalue weighted by molar-refractivity contribution is 7.60. The van der Waals surface area contributed by atoms with Gasteiger partial charge in [-0.15, -0.1) is 0 Å². The summed E-state index contributed by atoms with van der Waals surface area (Å²) in [4.78, 5) is 45.7. The lowest BCUT2D eigenvalue weighted by atomic mass is 10.1. The third-order valence-electron chi connectivity index (χ3n) is 3.58. The molecule has 1 saturated heterocycles. The topological polar surface area (TPSA) is 299 Å². The summed E-state index contributed by atoms with van der Waals surface area (Å²) in [5.41, 5.74) is 5.12. The first kappa shape index (κ1) is 24.5. The summed E-state index contributed by atoms with van der Waals surface area (Å²) in [7, 11) is -9.80. The van der Waals surface area contributed by atoms with Gasteiger partial charge in [0.1, 0.15) is 18.3 Å². The van der Waals surface area contributed by atoms with Crippen molar-refractivity contribution in [2.45, 2.75) is 24.5 Å². The third kappa shape index (κ3) is 5.67. The standard InChI is InChI=1S/C10H13N5O5.H5NO7P2/c11-10-13-7-4(8(19)14-10)12-2-15(7)9-6(18)5(17)3(1-16)20-9;1-7-10(5,6)8-9(2,3)4/h2-3,5-6,9,16-18H,1H2,(H3,11,13,14,19);1H2,(H,5,6)(H2,2,3,4)/t3-,5-,6-,9-;/m1./s1. The first-order valence-corrected chi connectivity index (χ1v) is 10.6. The van der Waals surface area contributed by atoms with Gasteiger partial charge in [0, 0.05) is 0 Å². The smallest absolute Gasteiger partial charge is 0.394 e. The van der Waals surface area contributed by atoms with E-state index in [2.05, 4.69) is 29.8 Å². The molecule has 5 atom stereocenters. The van der Waals surface area contributed by atoms with Gasteiger partial charge in [-0.05, 0) is 0 Å². The van der Waals surface area contributed by atoms with Crippen LogP contribution in [0.4, 0.5) is 5.95 Å². The van der Waals surface area contributed by atoms with Gasteiger partial charge in [-0.1, -0.05) is 0 Å². The van der Waals surface area contributed by atoms with Crippen molar-refractivity contribution in [2.24, 2.45) is 5.90 Å². The molecule has 20 heteroatoms. The Morgan fingerprint density at radius 3 is 2.37 bits per heavy atom. The van der Waals surface area contributed by atoms with Crippen LogP contribution in [0.2, 0.25) is 0 Å². The number of aliphatic hydroxyl groups is 3. The molecule has 0 aromatic carbocycles. The highest BCUT2D eigenvalue weighted by atomic mass is 31.3. The van der Waals surface area contributed by atoms with Crippen LogP contribution < -0.4 is 17.2 Å². The summed E-state index contributed by atoms with van der Waals surface area (Å²) >= 11 is 0. The van der Waals surface area contributed by atoms with E-state index in [0.29, 0.717) is 0 Å². The molecule has 2 aromatic heterocycles. The van der Waals surface area contributed by atoms with Gasteiger partial charge in [0.15, 0.2) is 17.4 Å². The molecule has 0 spiro atoms. The largest absolute Gasteiger partial charge is 0.497 e. The molecule has 0 bridgehead atoms. The summed E-state index contributed by atoms with van der Waals surface area (Å²) in [6, 6.07) is 0. The number of rotatable bonds is 5. The number of nitrogens with zero attached hydrogens (tertiary/aromatic N) is 3. The van der Waals surface area contributed by atoms with Crippen molar-refractivity contribution in [3.05, 3.63) is 16.7 Å². The maximum atomic E-state index is 11.7. The first-order valence-electron chi connectivity index (χ1n) is 7.62. The molecule has 11 N–H and O–H groups in total. The Balaban J connectivity index is 0.000000274. The van der Waals surface area contributed by atoms with Crippen molar-refractivity contribution in [2.75, 3.05) is 12.3 Å². The SMILES string of the molecule is NOP(=O)(O)OP(=O)(O)O.Nc1nc2c(ncn2[C@@H]2O[C@H](CO)[C@@H](O)[C@H]2O)c(=O)[nH]1. The minimum absolute atomic E-state index is 0.0388. The van der Waals surface area contributed by atoms with Crippen molar-refractivity contribution in [3.63, 3.8) is 0 Å². The Kier molecular flexibility index (Phi) is 7.46. The molecule has 0 amide bonds. The number of nitrogens with one attached hydrogen (secondary N) is 1. The molecule has 1 aliphatic rings. The molecule has 3 rings (SSSR count). The van der Waals surface area contributed by atoms with E-state index >= 15 is 0 Å². The molecule has 1 fully saturated rings. The van der Waals surface area contributed by atoms with Gasteiger partial charge in [-0.25, -0.2) is 24.6 Å². The van der Waals surface area contributed by atoms with E-state index in [9.17, 15) is 24.1 Å². The Bertz CT molecular complexity index is 1040. The summed E-state index contributed by atoms with van der Waals surface area (Å²) in [5, 5.41) is 28.7. The fourth-order valence-electron chi connectivity index (χ4n) is 2.39. The van der Waals surface area contributed by atoms with Gasteiger partial charge in [0.2, 0.25) is 5.95 Å². The second kappa shape index (κ2) is 9.15. The Morgan fingerprint density at radius 1 is 1.27 bits per heavy atom. The number of H-pyrrole nitrogens is 1. The van der Waals surface area contributed by atoms with Crippen LogP contribution in [0.15, 0.2) is 11.1 Å². The van der Waals surface area contributed by atoms with E-state index in [4.69, 9.17) is 30.3 Å². The number of anilines is 1. The number of fused-ring (bicyclic) bond motifs is 1. The van der Waals surface area contributed by atoms with E-state index in [-0.39, 0.29) is 17.1 Å². The minimum atomic E-state index is -5.02. The molecule has 0 aliphatic carbocycles. The molecule has 170 valence electrons. The lowest BCUT2D eigenvalue weighted by Gasteiger charge is -2.16. The van der Waals surface area contributed by atoms with Crippen molar-refractivity contribution in [1.82, 2.24) is 19.5 Å². The zero-order valence-corrected chi connectivity index (χ0v) is 16.4. The van der Waals surface area contributed by atoms with Crippen molar-refractivity contribution >= 4 is 32.8 Å². The zero-order valence-electron chi connectivity index (χ0n) is 14.6. The van der Waals surface area contributed by atoms with Crippen LogP contribution in [0, 0.1) is 0 Å². The van der Waals surface area contributed by atoms with E-state index in [1.54, 1.807) is 0 Å². The first-order chi connectivity index (χ1) is 13.8. The van der Waals surface area contributed by atoms with Crippen LogP contribution in [0.5, 0.6) is 0 Å². The molecular weight excluding hydrogens is 458 g/mol. The van der Waals surface area contributed by atoms with Crippen LogP contribution >= 0.6 is 15.6 Å². The molecule has 1 aliphatic heterocycles. The minimum Gasteiger partial charge on any atom is -0.394 e. The second-order valence-corrected chi connectivity index (χ2v) is 8.43. The fourth-order valence-corrected chi connectivity index (χ4v) is 3.62. The molecule has 0 radical (unpaired) electrons. The summed E-state index contributed by atoms with van der Waals surface area (Å²) in [6.07, 6.45) is -3.21. The van der Waals surface area contributed by atoms with Crippen LogP contribution in [0.3, 0.4) is 0 Å². The van der Waals surface area contributed by atoms with Crippen LogP contribution in [-0.4, -0.2) is 74.4 Å². The highest BCUT2D eigenvalue weighted by Crippen LogP contribution is 2.56. The van der Waals surface area contributed by atoms with Gasteiger partial charge in [0.05, 0.1) is 12.9 Å². The number of ether oxygens (including phenoxy) is 1. The number of phosphoric acid groups is 2. The quantitative estimate of drug-likeness (QED) is 0.149. The number of aliphatic hydroxyl groups excluding tert-OH is 3. The van der Waals surface area contributed by atoms with Crippen LogP contribution in [-0.2, 0) is 22.8 Å². The average molecular weight is 476 g/mol. The third-order valence-corrected chi connectivity index (χ3v) is 5.53. The second-order valence-electron chi connectivity index (χ2n) is 5.65. The van der Waals surface area contributed by atoms with Gasteiger partial charge in [-0.3, -0.25) is 14.3 Å².